The second-order valence-corrected chi connectivity index (χ2v) is 5.75. The number of rotatable bonds is 4. The second kappa shape index (κ2) is 7.88. The van der Waals surface area contributed by atoms with Crippen LogP contribution in [0.1, 0.15) is 25.2 Å². The lowest BCUT2D eigenvalue weighted by atomic mass is 9.93. The van der Waals surface area contributed by atoms with E-state index >= 15 is 0 Å². The Balaban J connectivity index is 0.000000677. The van der Waals surface area contributed by atoms with Gasteiger partial charge in [-0.1, -0.05) is 35.0 Å². The van der Waals surface area contributed by atoms with Gasteiger partial charge in [0.25, 0.3) is 0 Å². The van der Waals surface area contributed by atoms with Crippen LogP contribution in [0, 0.1) is 0 Å². The Morgan fingerprint density at radius 2 is 2.10 bits per heavy atom. The SMILES string of the molecule is CCc1nccn1CC(C)(N)c1cccc(Br)c1.O=C=O. The molecule has 0 radical (unpaired) electrons. The van der Waals surface area contributed by atoms with Crippen LogP contribution in [0.5, 0.6) is 0 Å². The molecule has 0 aliphatic heterocycles. The highest BCUT2D eigenvalue weighted by atomic mass is 79.9. The molecule has 2 aromatic rings. The fourth-order valence-corrected chi connectivity index (χ4v) is 2.49. The van der Waals surface area contributed by atoms with Gasteiger partial charge in [-0.2, -0.15) is 9.59 Å². The molecule has 6 heteroatoms. The van der Waals surface area contributed by atoms with Gasteiger partial charge < -0.3 is 10.3 Å². The van der Waals surface area contributed by atoms with Crippen LogP contribution in [-0.2, 0) is 28.1 Å². The van der Waals surface area contributed by atoms with Crippen molar-refractivity contribution in [1.82, 2.24) is 9.55 Å². The van der Waals surface area contributed by atoms with E-state index in [1.807, 2.05) is 31.5 Å². The molecule has 1 unspecified atom stereocenters. The topological polar surface area (TPSA) is 78.0 Å². The molecular weight excluding hydrogens is 334 g/mol. The maximum atomic E-state index is 8.12. The van der Waals surface area contributed by atoms with Crippen LogP contribution in [0.15, 0.2) is 41.1 Å². The number of nitrogens with two attached hydrogens (primary N) is 1. The van der Waals surface area contributed by atoms with Crippen LogP contribution in [0.4, 0.5) is 0 Å². The van der Waals surface area contributed by atoms with Crippen molar-refractivity contribution in [3.05, 3.63) is 52.5 Å². The number of aromatic nitrogens is 2. The summed E-state index contributed by atoms with van der Waals surface area (Å²) in [4.78, 5) is 20.6. The third kappa shape index (κ3) is 4.93. The van der Waals surface area contributed by atoms with Gasteiger partial charge in [0.1, 0.15) is 5.82 Å². The third-order valence-corrected chi connectivity index (χ3v) is 3.59. The largest absolute Gasteiger partial charge is 0.373 e. The van der Waals surface area contributed by atoms with E-state index < -0.39 is 5.54 Å². The highest BCUT2D eigenvalue weighted by molar-refractivity contribution is 9.10. The number of aryl methyl sites for hydroxylation is 1. The molecule has 2 rings (SSSR count). The number of benzene rings is 1. The lowest BCUT2D eigenvalue weighted by Crippen LogP contribution is -2.38. The minimum absolute atomic E-state index is 0.250. The summed E-state index contributed by atoms with van der Waals surface area (Å²) >= 11 is 3.49. The first kappa shape index (κ1) is 17.3. The number of nitrogens with zero attached hydrogens (tertiary/aromatic N) is 2. The zero-order valence-corrected chi connectivity index (χ0v) is 13.6. The second-order valence-electron chi connectivity index (χ2n) is 4.84. The molecule has 2 N–H and O–H groups in total. The summed E-state index contributed by atoms with van der Waals surface area (Å²) in [7, 11) is 0. The maximum absolute atomic E-state index is 8.12. The fraction of sp³-hybridized carbons (Fsp3) is 0.333. The Morgan fingerprint density at radius 1 is 1.43 bits per heavy atom. The monoisotopic (exact) mass is 351 g/mol. The van der Waals surface area contributed by atoms with Crippen molar-refractivity contribution < 1.29 is 9.59 Å². The first-order chi connectivity index (χ1) is 9.94. The molecule has 0 aliphatic carbocycles. The van der Waals surface area contributed by atoms with Gasteiger partial charge in [0.2, 0.25) is 0 Å². The average molecular weight is 352 g/mol. The van der Waals surface area contributed by atoms with Gasteiger partial charge >= 0.3 is 6.15 Å². The average Bonchev–Trinajstić information content (AvgIpc) is 2.86. The molecule has 5 nitrogen and oxygen atoms in total. The third-order valence-electron chi connectivity index (χ3n) is 3.10. The molecule has 21 heavy (non-hydrogen) atoms. The summed E-state index contributed by atoms with van der Waals surface area (Å²) in [5, 5.41) is 0. The predicted octanol–water partition coefficient (Wildman–Crippen LogP) is 2.50. The van der Waals surface area contributed by atoms with E-state index in [-0.39, 0.29) is 6.15 Å². The molecule has 0 spiro atoms. The van der Waals surface area contributed by atoms with E-state index in [1.165, 1.54) is 0 Å². The molecule has 1 aromatic carbocycles. The normalized spacial score (nSPS) is 12.8. The lowest BCUT2D eigenvalue weighted by Gasteiger charge is -2.26. The molecule has 0 saturated carbocycles. The Kier molecular flexibility index (Phi) is 6.49. The Morgan fingerprint density at radius 3 is 2.67 bits per heavy atom. The first-order valence-corrected chi connectivity index (χ1v) is 7.28. The predicted molar refractivity (Wildman–Crippen MR) is 82.3 cm³/mol. The molecule has 1 aromatic heterocycles. The Hall–Kier alpha value is -1.75. The van der Waals surface area contributed by atoms with Crippen LogP contribution in [-0.4, -0.2) is 15.7 Å². The smallest absolute Gasteiger partial charge is 0.333 e. The number of imidazole rings is 1. The van der Waals surface area contributed by atoms with E-state index in [2.05, 4.69) is 44.5 Å². The summed E-state index contributed by atoms with van der Waals surface area (Å²) in [5.74, 6) is 1.07. The van der Waals surface area contributed by atoms with E-state index in [0.29, 0.717) is 0 Å². The van der Waals surface area contributed by atoms with Gasteiger partial charge in [-0.25, -0.2) is 4.98 Å². The van der Waals surface area contributed by atoms with Crippen molar-refractivity contribution in [1.29, 1.82) is 0 Å². The van der Waals surface area contributed by atoms with Gasteiger partial charge in [0.15, 0.2) is 0 Å². The summed E-state index contributed by atoms with van der Waals surface area (Å²) in [5.41, 5.74) is 7.16. The molecule has 0 amide bonds. The van der Waals surface area contributed by atoms with Crippen molar-refractivity contribution in [2.75, 3.05) is 0 Å². The molecule has 0 bridgehead atoms. The van der Waals surface area contributed by atoms with Gasteiger partial charge in [-0.05, 0) is 24.6 Å². The van der Waals surface area contributed by atoms with Gasteiger partial charge in [-0.15, -0.1) is 0 Å². The molecular formula is C15H18BrN3O2. The van der Waals surface area contributed by atoms with Crippen molar-refractivity contribution in [2.45, 2.75) is 32.4 Å². The van der Waals surface area contributed by atoms with Crippen molar-refractivity contribution >= 4 is 22.1 Å². The van der Waals surface area contributed by atoms with Gasteiger partial charge in [-0.3, -0.25) is 0 Å². The van der Waals surface area contributed by atoms with Crippen molar-refractivity contribution in [3.63, 3.8) is 0 Å². The highest BCUT2D eigenvalue weighted by Gasteiger charge is 2.22. The molecule has 112 valence electrons. The van der Waals surface area contributed by atoms with Crippen LogP contribution < -0.4 is 5.73 Å². The van der Waals surface area contributed by atoms with Gasteiger partial charge in [0, 0.05) is 29.8 Å². The van der Waals surface area contributed by atoms with Crippen LogP contribution >= 0.6 is 15.9 Å². The van der Waals surface area contributed by atoms with Crippen LogP contribution in [0.3, 0.4) is 0 Å². The lowest BCUT2D eigenvalue weighted by molar-refractivity contribution is -0.191. The zero-order chi connectivity index (χ0) is 15.9. The van der Waals surface area contributed by atoms with Gasteiger partial charge in [0.05, 0.1) is 5.54 Å². The molecule has 0 aliphatic rings. The summed E-state index contributed by atoms with van der Waals surface area (Å²) < 4.78 is 3.18. The summed E-state index contributed by atoms with van der Waals surface area (Å²) in [6.07, 6.45) is 4.99. The fourth-order valence-electron chi connectivity index (χ4n) is 2.09. The van der Waals surface area contributed by atoms with E-state index in [0.717, 1.165) is 28.8 Å². The standard InChI is InChI=1S/C14H18BrN3.CO2/c1-3-13-17-7-8-18(13)10-14(2,16)11-5-4-6-12(15)9-11;2-1-3/h4-9H,3,10,16H2,1-2H3;. The minimum atomic E-state index is -0.408. The summed E-state index contributed by atoms with van der Waals surface area (Å²) in [6.45, 7) is 4.88. The molecule has 1 heterocycles. The number of hydrogen-bond acceptors (Lipinski definition) is 4. The van der Waals surface area contributed by atoms with Crippen LogP contribution in [0.25, 0.3) is 0 Å². The van der Waals surface area contributed by atoms with Crippen molar-refractivity contribution in [2.24, 2.45) is 5.73 Å². The molecule has 1 atom stereocenters. The Labute approximate surface area is 132 Å². The highest BCUT2D eigenvalue weighted by Crippen LogP contribution is 2.23. The van der Waals surface area contributed by atoms with E-state index in [1.54, 1.807) is 0 Å². The number of hydrogen-bond donors (Lipinski definition) is 1. The Bertz CT molecular complexity index is 617. The molecule has 0 fully saturated rings. The van der Waals surface area contributed by atoms with E-state index in [4.69, 9.17) is 15.3 Å². The maximum Gasteiger partial charge on any atom is 0.373 e. The minimum Gasteiger partial charge on any atom is -0.333 e. The first-order valence-electron chi connectivity index (χ1n) is 6.48. The summed E-state index contributed by atoms with van der Waals surface area (Å²) in [6, 6.07) is 8.16. The quantitative estimate of drug-likeness (QED) is 0.917. The molecule has 0 saturated heterocycles. The number of halogens is 1. The van der Waals surface area contributed by atoms with Crippen molar-refractivity contribution in [3.8, 4) is 0 Å². The van der Waals surface area contributed by atoms with Crippen LogP contribution in [0.2, 0.25) is 0 Å². The number of carbonyl (C=O) groups excluding carboxylic acids is 2. The van der Waals surface area contributed by atoms with E-state index in [9.17, 15) is 0 Å². The zero-order valence-electron chi connectivity index (χ0n) is 12.0.